The van der Waals surface area contributed by atoms with Crippen LogP contribution < -0.4 is 0 Å². The van der Waals surface area contributed by atoms with Crippen LogP contribution in [-0.2, 0) is 11.0 Å². The van der Waals surface area contributed by atoms with Crippen LogP contribution in [0.4, 0.5) is 0 Å². The zero-order valence-electron chi connectivity index (χ0n) is 17.6. The Morgan fingerprint density at radius 2 is 1.81 bits per heavy atom. The minimum atomic E-state index is -1.74. The van der Waals surface area contributed by atoms with Gasteiger partial charge in [-0.2, -0.15) is 0 Å². The van der Waals surface area contributed by atoms with Gasteiger partial charge in [-0.05, 0) is 56.3 Å². The van der Waals surface area contributed by atoms with Crippen molar-refractivity contribution in [3.05, 3.63) is 47.5 Å². The van der Waals surface area contributed by atoms with Crippen LogP contribution in [-0.4, -0.2) is 31.4 Å². The first-order chi connectivity index (χ1) is 12.2. The molecule has 2 aliphatic heterocycles. The van der Waals surface area contributed by atoms with Gasteiger partial charge in [0.15, 0.2) is 8.32 Å². The van der Waals surface area contributed by atoms with Gasteiger partial charge in [-0.1, -0.05) is 62.8 Å². The number of piperidine rings is 2. The van der Waals surface area contributed by atoms with Crippen LogP contribution in [0.25, 0.3) is 0 Å². The lowest BCUT2D eigenvalue weighted by Gasteiger charge is -2.53. The van der Waals surface area contributed by atoms with Gasteiger partial charge in [0.1, 0.15) is 0 Å². The Kier molecular flexibility index (Phi) is 5.81. The number of hydrogen-bond acceptors (Lipinski definition) is 2. The van der Waals surface area contributed by atoms with E-state index in [-0.39, 0.29) is 5.04 Å². The van der Waals surface area contributed by atoms with Gasteiger partial charge in [0.05, 0.1) is 6.10 Å². The van der Waals surface area contributed by atoms with Crippen LogP contribution in [0, 0.1) is 0 Å². The standard InChI is InChI=1S/C23H37NOSi/c1-7-19-13-14-21-22(25-26(5,6)23(2,3)4)16-15-20(19)24(21)17-18-11-9-8-10-12-18/h7-12,20-22H,13-17H2,1-6H3/b19-7+/t20-,21-,22-/m1/s1. The first kappa shape index (κ1) is 19.8. The molecule has 2 fully saturated rings. The van der Waals surface area contributed by atoms with Gasteiger partial charge in [0, 0.05) is 18.6 Å². The van der Waals surface area contributed by atoms with Crippen LogP contribution in [0.2, 0.25) is 18.1 Å². The average molecular weight is 372 g/mol. The molecule has 0 aromatic heterocycles. The van der Waals surface area contributed by atoms with E-state index < -0.39 is 8.32 Å². The largest absolute Gasteiger partial charge is 0.412 e. The number of benzene rings is 1. The van der Waals surface area contributed by atoms with E-state index in [1.807, 2.05) is 0 Å². The quantitative estimate of drug-likeness (QED) is 0.465. The van der Waals surface area contributed by atoms with E-state index in [0.717, 1.165) is 6.54 Å². The highest BCUT2D eigenvalue weighted by atomic mass is 28.4. The summed E-state index contributed by atoms with van der Waals surface area (Å²) in [4.78, 5) is 2.76. The number of hydrogen-bond donors (Lipinski definition) is 0. The summed E-state index contributed by atoms with van der Waals surface area (Å²) in [6.07, 6.45) is 7.70. The topological polar surface area (TPSA) is 12.5 Å². The first-order valence-corrected chi connectivity index (χ1v) is 13.3. The molecule has 0 aliphatic carbocycles. The molecule has 0 amide bonds. The van der Waals surface area contributed by atoms with Crippen LogP contribution in [0.1, 0.15) is 58.9 Å². The molecule has 0 unspecified atom stereocenters. The predicted octanol–water partition coefficient (Wildman–Crippen LogP) is 6.15. The summed E-state index contributed by atoms with van der Waals surface area (Å²) in [7, 11) is -1.74. The van der Waals surface area contributed by atoms with E-state index in [1.165, 1.54) is 31.2 Å². The van der Waals surface area contributed by atoms with Gasteiger partial charge in [-0.3, -0.25) is 4.90 Å². The summed E-state index contributed by atoms with van der Waals surface area (Å²) in [6.45, 7) is 15.1. The molecule has 0 spiro atoms. The highest BCUT2D eigenvalue weighted by molar-refractivity contribution is 6.74. The molecule has 144 valence electrons. The molecule has 0 N–H and O–H groups in total. The highest BCUT2D eigenvalue weighted by Crippen LogP contribution is 2.43. The average Bonchev–Trinajstić information content (AvgIpc) is 2.57. The lowest BCUT2D eigenvalue weighted by atomic mass is 9.79. The van der Waals surface area contributed by atoms with Crippen molar-refractivity contribution in [1.82, 2.24) is 4.90 Å². The SMILES string of the molecule is C/C=C1\CC[C@@H]2[C@H](O[Si](C)(C)C(C)(C)C)CC[C@H]1N2Cc1ccccc1. The number of nitrogens with zero attached hydrogens (tertiary/aromatic N) is 1. The maximum absolute atomic E-state index is 6.94. The molecule has 2 bridgehead atoms. The van der Waals surface area contributed by atoms with Gasteiger partial charge >= 0.3 is 0 Å². The number of rotatable bonds is 4. The molecule has 3 rings (SSSR count). The molecule has 26 heavy (non-hydrogen) atoms. The van der Waals surface area contributed by atoms with Crippen molar-refractivity contribution in [2.24, 2.45) is 0 Å². The third-order valence-electron chi connectivity index (χ3n) is 6.97. The monoisotopic (exact) mass is 371 g/mol. The minimum Gasteiger partial charge on any atom is -0.412 e. The molecule has 0 saturated carbocycles. The normalized spacial score (nSPS) is 29.2. The van der Waals surface area contributed by atoms with Gasteiger partial charge in [-0.25, -0.2) is 0 Å². The maximum atomic E-state index is 6.94. The third-order valence-corrected chi connectivity index (χ3v) is 11.5. The fourth-order valence-corrected chi connectivity index (χ4v) is 5.79. The van der Waals surface area contributed by atoms with Gasteiger partial charge in [0.2, 0.25) is 0 Å². The maximum Gasteiger partial charge on any atom is 0.192 e. The van der Waals surface area contributed by atoms with Crippen molar-refractivity contribution in [3.8, 4) is 0 Å². The molecular formula is C23H37NOSi. The lowest BCUT2D eigenvalue weighted by Crippen LogP contribution is -2.59. The smallest absolute Gasteiger partial charge is 0.192 e. The summed E-state index contributed by atoms with van der Waals surface area (Å²) in [6, 6.07) is 12.1. The summed E-state index contributed by atoms with van der Waals surface area (Å²) < 4.78 is 6.94. The van der Waals surface area contributed by atoms with Crippen molar-refractivity contribution in [2.45, 2.75) is 96.2 Å². The van der Waals surface area contributed by atoms with Crippen molar-refractivity contribution in [2.75, 3.05) is 0 Å². The third kappa shape index (κ3) is 4.00. The Morgan fingerprint density at radius 3 is 2.42 bits per heavy atom. The van der Waals surface area contributed by atoms with E-state index in [1.54, 1.807) is 5.57 Å². The van der Waals surface area contributed by atoms with Crippen molar-refractivity contribution < 1.29 is 4.43 Å². The number of fused-ring (bicyclic) bond motifs is 2. The Bertz CT molecular complexity index is 631. The Morgan fingerprint density at radius 1 is 1.12 bits per heavy atom. The summed E-state index contributed by atoms with van der Waals surface area (Å²) >= 11 is 0. The molecule has 2 saturated heterocycles. The molecule has 1 aromatic rings. The van der Waals surface area contributed by atoms with Crippen molar-refractivity contribution in [3.63, 3.8) is 0 Å². The Hall–Kier alpha value is -0.903. The molecular weight excluding hydrogens is 334 g/mol. The molecule has 1 aromatic carbocycles. The van der Waals surface area contributed by atoms with Crippen LogP contribution in [0.5, 0.6) is 0 Å². The highest BCUT2D eigenvalue weighted by Gasteiger charge is 2.46. The van der Waals surface area contributed by atoms with Crippen LogP contribution >= 0.6 is 0 Å². The molecule has 0 radical (unpaired) electrons. The van der Waals surface area contributed by atoms with Gasteiger partial charge in [0.25, 0.3) is 0 Å². The van der Waals surface area contributed by atoms with Crippen LogP contribution in [0.15, 0.2) is 42.0 Å². The van der Waals surface area contributed by atoms with E-state index in [0.29, 0.717) is 18.2 Å². The Labute approximate surface area is 161 Å². The molecule has 2 heterocycles. The zero-order chi connectivity index (χ0) is 18.9. The second kappa shape index (κ2) is 7.61. The zero-order valence-corrected chi connectivity index (χ0v) is 18.6. The van der Waals surface area contributed by atoms with E-state index in [9.17, 15) is 0 Å². The first-order valence-electron chi connectivity index (χ1n) is 10.4. The van der Waals surface area contributed by atoms with Crippen molar-refractivity contribution >= 4 is 8.32 Å². The fraction of sp³-hybridized carbons (Fsp3) is 0.652. The summed E-state index contributed by atoms with van der Waals surface area (Å²) in [5, 5.41) is 0.275. The lowest BCUT2D eigenvalue weighted by molar-refractivity contribution is -0.0277. The number of allylic oxidation sites excluding steroid dienone is 1. The van der Waals surface area contributed by atoms with Crippen LogP contribution in [0.3, 0.4) is 0 Å². The van der Waals surface area contributed by atoms with Gasteiger partial charge < -0.3 is 4.43 Å². The van der Waals surface area contributed by atoms with E-state index >= 15 is 0 Å². The molecule has 2 aliphatic rings. The van der Waals surface area contributed by atoms with E-state index in [2.05, 4.69) is 82.1 Å². The molecule has 2 nitrogen and oxygen atoms in total. The molecule has 3 atom stereocenters. The minimum absolute atomic E-state index is 0.275. The Balaban J connectivity index is 1.83. The van der Waals surface area contributed by atoms with E-state index in [4.69, 9.17) is 4.43 Å². The van der Waals surface area contributed by atoms with Crippen molar-refractivity contribution in [1.29, 1.82) is 0 Å². The van der Waals surface area contributed by atoms with Gasteiger partial charge in [-0.15, -0.1) is 0 Å². The summed E-state index contributed by atoms with van der Waals surface area (Å²) in [5.41, 5.74) is 3.07. The summed E-state index contributed by atoms with van der Waals surface area (Å²) in [5.74, 6) is 0. The second-order valence-corrected chi connectivity index (χ2v) is 14.4. The second-order valence-electron chi connectivity index (χ2n) is 9.64. The fourth-order valence-electron chi connectivity index (χ4n) is 4.41. The molecule has 3 heteroatoms. The predicted molar refractivity (Wildman–Crippen MR) is 114 cm³/mol.